The van der Waals surface area contributed by atoms with Crippen molar-refractivity contribution in [1.29, 1.82) is 0 Å². The number of halogens is 1. The fraction of sp³-hybridized carbons (Fsp3) is 0.400. The molecule has 24 heavy (non-hydrogen) atoms. The molecule has 0 aromatic heterocycles. The Morgan fingerprint density at radius 1 is 1.17 bits per heavy atom. The molecule has 4 heteroatoms. The van der Waals surface area contributed by atoms with E-state index in [2.05, 4.69) is 17.4 Å². The largest absolute Gasteiger partial charge is 0.350 e. The first-order valence-corrected chi connectivity index (χ1v) is 8.42. The second-order valence-electron chi connectivity index (χ2n) is 6.25. The summed E-state index contributed by atoms with van der Waals surface area (Å²) in [7, 11) is 0. The molecule has 1 fully saturated rings. The Hall–Kier alpha value is -1.75. The van der Waals surface area contributed by atoms with Crippen LogP contribution in [0.3, 0.4) is 0 Å². The standard InChI is InChI=1S/C20H24FNO2/c1-14-12-16(13-15(2)18(14)21)8-10-23-20-19(22-9-11-24-20)17-6-4-3-5-7-17/h3-7,12-13,19-20,22H,8-11H2,1-2H3/t19-,20+/m0/s1. The molecule has 1 aliphatic heterocycles. The van der Waals surface area contributed by atoms with Crippen molar-refractivity contribution in [3.05, 3.63) is 70.5 Å². The first kappa shape index (κ1) is 17.1. The highest BCUT2D eigenvalue weighted by atomic mass is 19.1. The lowest BCUT2D eigenvalue weighted by atomic mass is 10.0. The van der Waals surface area contributed by atoms with Gasteiger partial charge < -0.3 is 14.8 Å². The van der Waals surface area contributed by atoms with Crippen molar-refractivity contribution in [2.24, 2.45) is 0 Å². The van der Waals surface area contributed by atoms with Gasteiger partial charge in [0.05, 0.1) is 19.3 Å². The predicted molar refractivity (Wildman–Crippen MR) is 92.5 cm³/mol. The predicted octanol–water partition coefficient (Wildman–Crippen LogP) is 3.69. The molecule has 0 bridgehead atoms. The van der Waals surface area contributed by atoms with Crippen molar-refractivity contribution in [3.8, 4) is 0 Å². The van der Waals surface area contributed by atoms with E-state index in [9.17, 15) is 4.39 Å². The number of aryl methyl sites for hydroxylation is 2. The Kier molecular flexibility index (Phi) is 5.61. The Morgan fingerprint density at radius 2 is 1.88 bits per heavy atom. The summed E-state index contributed by atoms with van der Waals surface area (Å²) in [5.74, 6) is -0.122. The van der Waals surface area contributed by atoms with E-state index in [1.807, 2.05) is 30.3 Å². The lowest BCUT2D eigenvalue weighted by Gasteiger charge is -2.33. The number of benzene rings is 2. The van der Waals surface area contributed by atoms with Gasteiger partial charge in [0.1, 0.15) is 5.82 Å². The summed E-state index contributed by atoms with van der Waals surface area (Å²) < 4.78 is 25.5. The molecule has 1 aliphatic rings. The average Bonchev–Trinajstić information content (AvgIpc) is 2.61. The minimum atomic E-state index is -0.302. The SMILES string of the molecule is Cc1cc(CCO[C@@H]2OCCN[C@H]2c2ccccc2)cc(C)c1F. The maximum atomic E-state index is 13.7. The van der Waals surface area contributed by atoms with Gasteiger partial charge in [-0.2, -0.15) is 0 Å². The number of hydrogen-bond acceptors (Lipinski definition) is 3. The van der Waals surface area contributed by atoms with Gasteiger partial charge in [-0.05, 0) is 42.5 Å². The first-order chi connectivity index (χ1) is 11.6. The Bertz CT molecular complexity index is 652. The molecule has 0 spiro atoms. The van der Waals surface area contributed by atoms with Gasteiger partial charge in [0, 0.05) is 6.54 Å². The molecule has 0 amide bonds. The molecule has 3 nitrogen and oxygen atoms in total. The van der Waals surface area contributed by atoms with Crippen molar-refractivity contribution in [2.75, 3.05) is 19.8 Å². The second kappa shape index (κ2) is 7.88. The van der Waals surface area contributed by atoms with Gasteiger partial charge in [0.25, 0.3) is 0 Å². The van der Waals surface area contributed by atoms with Crippen LogP contribution in [0, 0.1) is 19.7 Å². The van der Waals surface area contributed by atoms with Gasteiger partial charge in [-0.25, -0.2) is 4.39 Å². The third-order valence-corrected chi connectivity index (χ3v) is 4.35. The molecule has 1 N–H and O–H groups in total. The van der Waals surface area contributed by atoms with Crippen LogP contribution in [-0.2, 0) is 15.9 Å². The van der Waals surface area contributed by atoms with E-state index < -0.39 is 0 Å². The minimum absolute atomic E-state index is 0.0386. The van der Waals surface area contributed by atoms with E-state index >= 15 is 0 Å². The van der Waals surface area contributed by atoms with Crippen molar-refractivity contribution in [2.45, 2.75) is 32.6 Å². The topological polar surface area (TPSA) is 30.5 Å². The fourth-order valence-electron chi connectivity index (χ4n) is 3.13. The average molecular weight is 329 g/mol. The van der Waals surface area contributed by atoms with Crippen LogP contribution in [0.1, 0.15) is 28.3 Å². The molecule has 2 atom stereocenters. The second-order valence-corrected chi connectivity index (χ2v) is 6.25. The highest BCUT2D eigenvalue weighted by Gasteiger charge is 2.27. The minimum Gasteiger partial charge on any atom is -0.350 e. The van der Waals surface area contributed by atoms with Gasteiger partial charge in [-0.15, -0.1) is 0 Å². The summed E-state index contributed by atoms with van der Waals surface area (Å²) in [5, 5.41) is 3.46. The summed E-state index contributed by atoms with van der Waals surface area (Å²) in [4.78, 5) is 0. The zero-order chi connectivity index (χ0) is 16.9. The Balaban J connectivity index is 1.60. The van der Waals surface area contributed by atoms with Crippen LogP contribution in [0.2, 0.25) is 0 Å². The van der Waals surface area contributed by atoms with Crippen LogP contribution in [0.15, 0.2) is 42.5 Å². The quantitative estimate of drug-likeness (QED) is 0.907. The lowest BCUT2D eigenvalue weighted by Crippen LogP contribution is -2.43. The summed E-state index contributed by atoms with van der Waals surface area (Å²) in [6.45, 7) is 5.59. The fourth-order valence-corrected chi connectivity index (χ4v) is 3.13. The van der Waals surface area contributed by atoms with Crippen LogP contribution in [-0.4, -0.2) is 26.0 Å². The van der Waals surface area contributed by atoms with Gasteiger partial charge in [-0.1, -0.05) is 42.5 Å². The monoisotopic (exact) mass is 329 g/mol. The molecule has 1 saturated heterocycles. The van der Waals surface area contributed by atoms with Crippen LogP contribution in [0.5, 0.6) is 0 Å². The van der Waals surface area contributed by atoms with E-state index in [4.69, 9.17) is 9.47 Å². The number of ether oxygens (including phenoxy) is 2. The molecular weight excluding hydrogens is 305 g/mol. The number of hydrogen-bond donors (Lipinski definition) is 1. The summed E-state index contributed by atoms with van der Waals surface area (Å²) in [5.41, 5.74) is 3.62. The van der Waals surface area contributed by atoms with Crippen LogP contribution >= 0.6 is 0 Å². The molecule has 0 aliphatic carbocycles. The Morgan fingerprint density at radius 3 is 2.58 bits per heavy atom. The first-order valence-electron chi connectivity index (χ1n) is 8.42. The summed E-state index contributed by atoms with van der Waals surface area (Å²) in [6, 6.07) is 14.0. The van der Waals surface area contributed by atoms with Crippen LogP contribution in [0.25, 0.3) is 0 Å². The summed E-state index contributed by atoms with van der Waals surface area (Å²) in [6.07, 6.45) is 0.437. The third kappa shape index (κ3) is 4.01. The van der Waals surface area contributed by atoms with Crippen molar-refractivity contribution >= 4 is 0 Å². The van der Waals surface area contributed by atoms with Gasteiger partial charge in [-0.3, -0.25) is 0 Å². The normalized spacial score (nSPS) is 21.0. The number of rotatable bonds is 5. The maximum absolute atomic E-state index is 13.7. The molecule has 128 valence electrons. The number of morpholine rings is 1. The molecule has 2 aromatic rings. The van der Waals surface area contributed by atoms with E-state index in [1.165, 1.54) is 0 Å². The van der Waals surface area contributed by atoms with E-state index in [-0.39, 0.29) is 18.1 Å². The molecule has 0 saturated carbocycles. The van der Waals surface area contributed by atoms with Gasteiger partial charge in [0.2, 0.25) is 0 Å². The van der Waals surface area contributed by atoms with Crippen molar-refractivity contribution < 1.29 is 13.9 Å². The Labute approximate surface area is 142 Å². The van der Waals surface area contributed by atoms with Gasteiger partial charge in [0.15, 0.2) is 6.29 Å². The van der Waals surface area contributed by atoms with E-state index in [1.54, 1.807) is 13.8 Å². The molecule has 0 unspecified atom stereocenters. The van der Waals surface area contributed by atoms with Gasteiger partial charge >= 0.3 is 0 Å². The molecule has 2 aromatic carbocycles. The van der Waals surface area contributed by atoms with Crippen LogP contribution in [0.4, 0.5) is 4.39 Å². The molecule has 0 radical (unpaired) electrons. The number of nitrogens with one attached hydrogen (secondary N) is 1. The maximum Gasteiger partial charge on any atom is 0.176 e. The third-order valence-electron chi connectivity index (χ3n) is 4.35. The molecular formula is C20H24FNO2. The molecule has 1 heterocycles. The van der Waals surface area contributed by atoms with Crippen LogP contribution < -0.4 is 5.32 Å². The zero-order valence-corrected chi connectivity index (χ0v) is 14.2. The smallest absolute Gasteiger partial charge is 0.176 e. The lowest BCUT2D eigenvalue weighted by molar-refractivity contribution is -0.176. The summed E-state index contributed by atoms with van der Waals surface area (Å²) >= 11 is 0. The zero-order valence-electron chi connectivity index (χ0n) is 14.2. The van der Waals surface area contributed by atoms with Crippen molar-refractivity contribution in [3.63, 3.8) is 0 Å². The highest BCUT2D eigenvalue weighted by Crippen LogP contribution is 2.23. The molecule has 3 rings (SSSR count). The van der Waals surface area contributed by atoms with E-state index in [0.29, 0.717) is 24.3 Å². The van der Waals surface area contributed by atoms with E-state index in [0.717, 1.165) is 24.1 Å². The highest BCUT2D eigenvalue weighted by molar-refractivity contribution is 5.30. The van der Waals surface area contributed by atoms with Crippen molar-refractivity contribution in [1.82, 2.24) is 5.32 Å².